The average Bonchev–Trinajstić information content (AvgIpc) is 2.63. The van der Waals surface area contributed by atoms with E-state index in [9.17, 15) is 22.0 Å². The van der Waals surface area contributed by atoms with E-state index < -0.39 is 21.7 Å². The largest absolute Gasteiger partial charge is 0.383 e. The number of hydrogen-bond acceptors (Lipinski definition) is 4. The highest BCUT2D eigenvalue weighted by Gasteiger charge is 2.25. The number of aryl methyl sites for hydroxylation is 1. The minimum Gasteiger partial charge on any atom is -0.383 e. The molecule has 0 aromatic heterocycles. The fourth-order valence-corrected chi connectivity index (χ4v) is 3.97. The van der Waals surface area contributed by atoms with Crippen LogP contribution >= 0.6 is 0 Å². The van der Waals surface area contributed by atoms with Crippen molar-refractivity contribution in [3.8, 4) is 0 Å². The van der Waals surface area contributed by atoms with Gasteiger partial charge in [-0.25, -0.2) is 17.2 Å². The summed E-state index contributed by atoms with van der Waals surface area (Å²) in [6, 6.07) is 7.19. The number of anilines is 2. The summed E-state index contributed by atoms with van der Waals surface area (Å²) in [6.45, 7) is 0.790. The number of ether oxygens (including phenoxy) is 1. The van der Waals surface area contributed by atoms with Gasteiger partial charge in [-0.2, -0.15) is 0 Å². The molecule has 0 spiro atoms. The normalized spacial score (nSPS) is 14.2. The second-order valence-corrected chi connectivity index (χ2v) is 7.75. The van der Waals surface area contributed by atoms with E-state index in [1.807, 2.05) is 0 Å². The molecular formula is C18H18F2N2O4S. The molecule has 3 rings (SSSR count). The van der Waals surface area contributed by atoms with Crippen LogP contribution in [0.5, 0.6) is 0 Å². The summed E-state index contributed by atoms with van der Waals surface area (Å²) < 4.78 is 58.6. The van der Waals surface area contributed by atoms with Crippen molar-refractivity contribution >= 4 is 27.3 Å². The Morgan fingerprint density at radius 2 is 1.89 bits per heavy atom. The molecule has 0 saturated carbocycles. The van der Waals surface area contributed by atoms with Crippen LogP contribution in [-0.2, 0) is 26.0 Å². The number of nitrogens with one attached hydrogen (secondary N) is 1. The first-order chi connectivity index (χ1) is 12.8. The Balaban J connectivity index is 1.86. The predicted molar refractivity (Wildman–Crippen MR) is 96.2 cm³/mol. The molecule has 6 nitrogen and oxygen atoms in total. The standard InChI is InChI=1S/C18H18F2N2O4S/c1-26-9-8-22-17-6-3-13(10-12(17)2-7-18(22)23)21-27(24,25)14-4-5-15(19)16(20)11-14/h3-6,10-11,21H,2,7-9H2,1H3. The lowest BCUT2D eigenvalue weighted by Crippen LogP contribution is -2.37. The lowest BCUT2D eigenvalue weighted by Gasteiger charge is -2.29. The molecule has 1 aliphatic rings. The number of sulfonamides is 1. The van der Waals surface area contributed by atoms with Gasteiger partial charge in [0.05, 0.1) is 11.5 Å². The summed E-state index contributed by atoms with van der Waals surface area (Å²) in [4.78, 5) is 13.3. The van der Waals surface area contributed by atoms with Crippen LogP contribution < -0.4 is 9.62 Å². The molecule has 1 N–H and O–H groups in total. The highest BCUT2D eigenvalue weighted by atomic mass is 32.2. The highest BCUT2D eigenvalue weighted by molar-refractivity contribution is 7.92. The van der Waals surface area contributed by atoms with E-state index in [1.54, 1.807) is 24.1 Å². The van der Waals surface area contributed by atoms with Gasteiger partial charge < -0.3 is 9.64 Å². The second kappa shape index (κ2) is 7.61. The minimum atomic E-state index is -4.07. The van der Waals surface area contributed by atoms with Gasteiger partial charge in [-0.1, -0.05) is 0 Å². The Bertz CT molecular complexity index is 979. The number of hydrogen-bond donors (Lipinski definition) is 1. The smallest absolute Gasteiger partial charge is 0.261 e. The van der Waals surface area contributed by atoms with E-state index in [2.05, 4.69) is 4.72 Å². The molecule has 0 radical (unpaired) electrons. The molecule has 1 heterocycles. The Kier molecular flexibility index (Phi) is 5.43. The van der Waals surface area contributed by atoms with Crippen LogP contribution in [0.25, 0.3) is 0 Å². The molecule has 0 atom stereocenters. The molecule has 27 heavy (non-hydrogen) atoms. The third kappa shape index (κ3) is 4.09. The molecule has 0 unspecified atom stereocenters. The van der Waals surface area contributed by atoms with Crippen molar-refractivity contribution in [3.63, 3.8) is 0 Å². The molecule has 1 amide bonds. The van der Waals surface area contributed by atoms with Crippen molar-refractivity contribution < 1.29 is 26.7 Å². The lowest BCUT2D eigenvalue weighted by molar-refractivity contribution is -0.119. The van der Waals surface area contributed by atoms with Crippen molar-refractivity contribution in [2.75, 3.05) is 29.9 Å². The second-order valence-electron chi connectivity index (χ2n) is 6.06. The zero-order valence-corrected chi connectivity index (χ0v) is 15.4. The van der Waals surface area contributed by atoms with Crippen molar-refractivity contribution in [1.29, 1.82) is 0 Å². The van der Waals surface area contributed by atoms with Crippen LogP contribution in [0.15, 0.2) is 41.3 Å². The van der Waals surface area contributed by atoms with E-state index in [0.29, 0.717) is 37.7 Å². The SMILES string of the molecule is COCCN1C(=O)CCc2cc(NS(=O)(=O)c3ccc(F)c(F)c3)ccc21. The number of nitrogens with zero attached hydrogens (tertiary/aromatic N) is 1. The average molecular weight is 396 g/mol. The quantitative estimate of drug-likeness (QED) is 0.815. The van der Waals surface area contributed by atoms with E-state index in [0.717, 1.165) is 17.7 Å². The summed E-state index contributed by atoms with van der Waals surface area (Å²) >= 11 is 0. The molecule has 0 aliphatic carbocycles. The third-order valence-corrected chi connectivity index (χ3v) is 5.63. The number of carbonyl (C=O) groups is 1. The van der Waals surface area contributed by atoms with E-state index in [4.69, 9.17) is 4.74 Å². The summed E-state index contributed by atoms with van der Waals surface area (Å²) in [5.74, 6) is -2.38. The van der Waals surface area contributed by atoms with E-state index >= 15 is 0 Å². The first-order valence-corrected chi connectivity index (χ1v) is 9.70. The molecule has 2 aromatic rings. The van der Waals surface area contributed by atoms with Gasteiger partial charge in [-0.3, -0.25) is 9.52 Å². The van der Waals surface area contributed by atoms with Crippen LogP contribution in [0.4, 0.5) is 20.2 Å². The molecule has 0 fully saturated rings. The van der Waals surface area contributed by atoms with E-state index in [1.165, 1.54) is 6.07 Å². The summed E-state index contributed by atoms with van der Waals surface area (Å²) in [5, 5.41) is 0. The number of fused-ring (bicyclic) bond motifs is 1. The van der Waals surface area contributed by atoms with E-state index in [-0.39, 0.29) is 16.5 Å². The summed E-state index contributed by atoms with van der Waals surface area (Å²) in [7, 11) is -2.53. The van der Waals surface area contributed by atoms with Crippen molar-refractivity contribution in [2.45, 2.75) is 17.7 Å². The maximum absolute atomic E-state index is 13.3. The first kappa shape index (κ1) is 19.2. The summed E-state index contributed by atoms with van der Waals surface area (Å²) in [5.41, 5.74) is 1.80. The first-order valence-electron chi connectivity index (χ1n) is 8.22. The molecule has 144 valence electrons. The molecule has 0 saturated heterocycles. The van der Waals surface area contributed by atoms with Crippen molar-refractivity contribution in [3.05, 3.63) is 53.6 Å². The minimum absolute atomic E-state index is 0.0188. The molecule has 1 aliphatic heterocycles. The Labute approximate surface area is 155 Å². The van der Waals surface area contributed by atoms with Crippen molar-refractivity contribution in [2.24, 2.45) is 0 Å². The van der Waals surface area contributed by atoms with Crippen LogP contribution in [0.3, 0.4) is 0 Å². The molecule has 0 bridgehead atoms. The zero-order chi connectivity index (χ0) is 19.6. The zero-order valence-electron chi connectivity index (χ0n) is 14.5. The number of amides is 1. The molecule has 9 heteroatoms. The van der Waals surface area contributed by atoms with Crippen LogP contribution in [0.1, 0.15) is 12.0 Å². The fraction of sp³-hybridized carbons (Fsp3) is 0.278. The van der Waals surface area contributed by atoms with Crippen LogP contribution in [-0.4, -0.2) is 34.6 Å². The summed E-state index contributed by atoms with van der Waals surface area (Å²) in [6.07, 6.45) is 0.800. The number of benzene rings is 2. The van der Waals surface area contributed by atoms with Crippen molar-refractivity contribution in [1.82, 2.24) is 0 Å². The predicted octanol–water partition coefficient (Wildman–Crippen LogP) is 2.69. The topological polar surface area (TPSA) is 75.7 Å². The number of methoxy groups -OCH3 is 1. The van der Waals surface area contributed by atoms with Crippen LogP contribution in [0, 0.1) is 11.6 Å². The van der Waals surface area contributed by atoms with Crippen LogP contribution in [0.2, 0.25) is 0 Å². The lowest BCUT2D eigenvalue weighted by atomic mass is 10.0. The molecular weight excluding hydrogens is 378 g/mol. The Hall–Kier alpha value is -2.52. The Morgan fingerprint density at radius 3 is 2.59 bits per heavy atom. The van der Waals surface area contributed by atoms with Gasteiger partial charge >= 0.3 is 0 Å². The van der Waals surface area contributed by atoms with Gasteiger partial charge in [0, 0.05) is 31.5 Å². The molecule has 2 aromatic carbocycles. The van der Waals surface area contributed by atoms with Gasteiger partial charge in [-0.05, 0) is 48.4 Å². The highest BCUT2D eigenvalue weighted by Crippen LogP contribution is 2.31. The monoisotopic (exact) mass is 396 g/mol. The third-order valence-electron chi connectivity index (χ3n) is 4.25. The number of carbonyl (C=O) groups excluding carboxylic acids is 1. The van der Waals surface area contributed by atoms with Gasteiger partial charge in [0.1, 0.15) is 0 Å². The Morgan fingerprint density at radius 1 is 1.11 bits per heavy atom. The maximum Gasteiger partial charge on any atom is 0.261 e. The number of rotatable bonds is 6. The van der Waals surface area contributed by atoms with Gasteiger partial charge in [0.2, 0.25) is 5.91 Å². The van der Waals surface area contributed by atoms with Gasteiger partial charge in [-0.15, -0.1) is 0 Å². The fourth-order valence-electron chi connectivity index (χ4n) is 2.91. The maximum atomic E-state index is 13.3. The van der Waals surface area contributed by atoms with Gasteiger partial charge in [0.25, 0.3) is 10.0 Å². The van der Waals surface area contributed by atoms with Gasteiger partial charge in [0.15, 0.2) is 11.6 Å². The number of halogens is 2.